The highest BCUT2D eigenvalue weighted by atomic mass is 35.5. The third kappa shape index (κ3) is 3.06. The van der Waals surface area contributed by atoms with Crippen LogP contribution in [0.5, 0.6) is 0 Å². The molecule has 1 aliphatic rings. The first kappa shape index (κ1) is 15.1. The topological polar surface area (TPSA) is 46.6 Å². The van der Waals surface area contributed by atoms with E-state index in [1.807, 2.05) is 0 Å². The van der Waals surface area contributed by atoms with E-state index >= 15 is 0 Å². The number of nitrogens with zero attached hydrogens (tertiary/aromatic N) is 1. The molecule has 0 saturated carbocycles. The number of halogens is 2. The minimum Gasteiger partial charge on any atom is -0.379 e. The zero-order chi connectivity index (χ0) is 14.0. The first-order valence-corrected chi connectivity index (χ1v) is 8.25. The molecule has 106 valence electrons. The van der Waals surface area contributed by atoms with Gasteiger partial charge in [0.2, 0.25) is 10.0 Å². The van der Waals surface area contributed by atoms with Gasteiger partial charge in [-0.25, -0.2) is 8.42 Å². The molecule has 0 radical (unpaired) electrons. The zero-order valence-corrected chi connectivity index (χ0v) is 12.9. The van der Waals surface area contributed by atoms with Crippen molar-refractivity contribution in [2.75, 3.05) is 26.3 Å². The quantitative estimate of drug-likeness (QED) is 0.802. The van der Waals surface area contributed by atoms with Gasteiger partial charge in [0.05, 0.1) is 18.1 Å². The van der Waals surface area contributed by atoms with Gasteiger partial charge in [-0.2, -0.15) is 4.31 Å². The van der Waals surface area contributed by atoms with Crippen LogP contribution in [-0.2, 0) is 20.6 Å². The summed E-state index contributed by atoms with van der Waals surface area (Å²) in [7, 11) is -3.54. The van der Waals surface area contributed by atoms with Crippen LogP contribution in [0.3, 0.4) is 0 Å². The Bertz CT molecular complexity index is 569. The molecule has 0 spiro atoms. The van der Waals surface area contributed by atoms with Crippen LogP contribution in [0.15, 0.2) is 17.0 Å². The Morgan fingerprint density at radius 2 is 1.95 bits per heavy atom. The van der Waals surface area contributed by atoms with Crippen LogP contribution in [0.2, 0.25) is 5.02 Å². The fourth-order valence-corrected chi connectivity index (χ4v) is 4.33. The van der Waals surface area contributed by atoms with E-state index in [0.717, 1.165) is 5.56 Å². The molecule has 0 aromatic heterocycles. The molecule has 4 nitrogen and oxygen atoms in total. The highest BCUT2D eigenvalue weighted by molar-refractivity contribution is 7.89. The number of ether oxygens (including phenoxy) is 1. The lowest BCUT2D eigenvalue weighted by atomic mass is 10.1. The summed E-state index contributed by atoms with van der Waals surface area (Å²) < 4.78 is 31.8. The van der Waals surface area contributed by atoms with Gasteiger partial charge < -0.3 is 4.74 Å². The number of rotatable bonds is 3. The van der Waals surface area contributed by atoms with Crippen molar-refractivity contribution >= 4 is 33.2 Å². The van der Waals surface area contributed by atoms with Gasteiger partial charge in [0, 0.05) is 24.0 Å². The Kier molecular flexibility index (Phi) is 4.74. The van der Waals surface area contributed by atoms with E-state index in [1.165, 1.54) is 10.4 Å². The van der Waals surface area contributed by atoms with E-state index in [4.69, 9.17) is 27.9 Å². The molecule has 7 heteroatoms. The molecule has 0 bridgehead atoms. The second-order valence-corrected chi connectivity index (χ2v) is 6.95. The summed E-state index contributed by atoms with van der Waals surface area (Å²) >= 11 is 11.8. The van der Waals surface area contributed by atoms with Crippen LogP contribution < -0.4 is 0 Å². The van der Waals surface area contributed by atoms with Crippen LogP contribution in [0.25, 0.3) is 0 Å². The number of hydrogen-bond acceptors (Lipinski definition) is 3. The minimum atomic E-state index is -3.54. The highest BCUT2D eigenvalue weighted by Crippen LogP contribution is 2.28. The maximum Gasteiger partial charge on any atom is 0.243 e. The summed E-state index contributed by atoms with van der Waals surface area (Å²) in [5.41, 5.74) is 1.40. The third-order valence-electron chi connectivity index (χ3n) is 3.16. The lowest BCUT2D eigenvalue weighted by Gasteiger charge is -2.27. The van der Waals surface area contributed by atoms with Crippen LogP contribution >= 0.6 is 23.2 Å². The van der Waals surface area contributed by atoms with Gasteiger partial charge in [-0.1, -0.05) is 11.6 Å². The number of hydrogen-bond donors (Lipinski definition) is 0. The molecule has 0 atom stereocenters. The molecule has 1 aromatic carbocycles. The number of sulfonamides is 1. The lowest BCUT2D eigenvalue weighted by molar-refractivity contribution is 0.0730. The van der Waals surface area contributed by atoms with Crippen molar-refractivity contribution in [1.82, 2.24) is 4.31 Å². The molecule has 0 unspecified atom stereocenters. The Balaban J connectivity index is 2.47. The molecule has 19 heavy (non-hydrogen) atoms. The van der Waals surface area contributed by atoms with E-state index in [9.17, 15) is 8.42 Å². The molecule has 0 N–H and O–H groups in total. The molecular weight excluding hydrogens is 309 g/mol. The zero-order valence-electron chi connectivity index (χ0n) is 10.5. The number of benzene rings is 1. The average molecular weight is 324 g/mol. The fraction of sp³-hybridized carbons (Fsp3) is 0.500. The fourth-order valence-electron chi connectivity index (χ4n) is 2.04. The molecule has 1 aromatic rings. The van der Waals surface area contributed by atoms with Crippen LogP contribution in [0, 0.1) is 6.92 Å². The van der Waals surface area contributed by atoms with Crippen LogP contribution in [0.1, 0.15) is 11.1 Å². The Labute approximate surface area is 123 Å². The van der Waals surface area contributed by atoms with Crippen LogP contribution in [-0.4, -0.2) is 39.0 Å². The summed E-state index contributed by atoms with van der Waals surface area (Å²) in [4.78, 5) is 0.234. The van der Waals surface area contributed by atoms with E-state index < -0.39 is 10.0 Å². The van der Waals surface area contributed by atoms with Crippen molar-refractivity contribution in [2.45, 2.75) is 17.7 Å². The Morgan fingerprint density at radius 3 is 2.53 bits per heavy atom. The Hall–Kier alpha value is -0.330. The number of alkyl halides is 1. The summed E-state index contributed by atoms with van der Waals surface area (Å²) in [5, 5.41) is 0.382. The van der Waals surface area contributed by atoms with E-state index in [1.54, 1.807) is 13.0 Å². The molecule has 1 aliphatic heterocycles. The normalized spacial score (nSPS) is 17.6. The van der Waals surface area contributed by atoms with E-state index in [2.05, 4.69) is 0 Å². The van der Waals surface area contributed by atoms with Gasteiger partial charge in [0.15, 0.2) is 0 Å². The van der Waals surface area contributed by atoms with Gasteiger partial charge in [-0.3, -0.25) is 0 Å². The summed E-state index contributed by atoms with van der Waals surface area (Å²) in [6.07, 6.45) is 0. The molecule has 0 aliphatic carbocycles. The second-order valence-electron chi connectivity index (χ2n) is 4.34. The van der Waals surface area contributed by atoms with Gasteiger partial charge in [0.25, 0.3) is 0 Å². The average Bonchev–Trinajstić information content (AvgIpc) is 2.41. The minimum absolute atomic E-state index is 0.234. The van der Waals surface area contributed by atoms with Crippen LogP contribution in [0.4, 0.5) is 0 Å². The van der Waals surface area contributed by atoms with Crippen molar-refractivity contribution in [2.24, 2.45) is 0 Å². The van der Waals surface area contributed by atoms with Gasteiger partial charge in [0.1, 0.15) is 0 Å². The Morgan fingerprint density at radius 1 is 1.32 bits per heavy atom. The molecule has 1 fully saturated rings. The van der Waals surface area contributed by atoms with Crippen molar-refractivity contribution in [1.29, 1.82) is 0 Å². The van der Waals surface area contributed by atoms with Gasteiger partial charge in [-0.15, -0.1) is 11.6 Å². The monoisotopic (exact) mass is 323 g/mol. The SMILES string of the molecule is Cc1c(CCl)cc(Cl)cc1S(=O)(=O)N1CCOCC1. The first-order chi connectivity index (χ1) is 8.96. The maximum absolute atomic E-state index is 12.6. The van der Waals surface area contributed by atoms with E-state index in [0.29, 0.717) is 36.9 Å². The molecule has 1 saturated heterocycles. The van der Waals surface area contributed by atoms with Crippen molar-refractivity contribution in [3.63, 3.8) is 0 Å². The highest BCUT2D eigenvalue weighted by Gasteiger charge is 2.28. The summed E-state index contributed by atoms with van der Waals surface area (Å²) in [6, 6.07) is 3.18. The molecule has 2 rings (SSSR count). The van der Waals surface area contributed by atoms with Gasteiger partial charge in [-0.05, 0) is 30.2 Å². The van der Waals surface area contributed by atoms with Crippen molar-refractivity contribution < 1.29 is 13.2 Å². The molecule has 0 amide bonds. The predicted octanol–water partition coefficient (Wildman–Crippen LogP) is 2.41. The lowest BCUT2D eigenvalue weighted by Crippen LogP contribution is -2.40. The summed E-state index contributed by atoms with van der Waals surface area (Å²) in [6.45, 7) is 3.32. The molecule has 1 heterocycles. The second kappa shape index (κ2) is 5.97. The van der Waals surface area contributed by atoms with E-state index in [-0.39, 0.29) is 10.8 Å². The largest absolute Gasteiger partial charge is 0.379 e. The standard InChI is InChI=1S/C12H15Cl2NO3S/c1-9-10(8-13)6-11(14)7-12(9)19(16,17)15-2-4-18-5-3-15/h6-7H,2-5,8H2,1H3. The summed E-state index contributed by atoms with van der Waals surface area (Å²) in [5.74, 6) is 0.234. The predicted molar refractivity (Wildman–Crippen MR) is 75.3 cm³/mol. The number of morpholine rings is 1. The third-order valence-corrected chi connectivity index (χ3v) is 5.70. The smallest absolute Gasteiger partial charge is 0.243 e. The first-order valence-electron chi connectivity index (χ1n) is 5.89. The van der Waals surface area contributed by atoms with Gasteiger partial charge >= 0.3 is 0 Å². The molecular formula is C12H15Cl2NO3S. The van der Waals surface area contributed by atoms with Crippen molar-refractivity contribution in [3.05, 3.63) is 28.3 Å². The maximum atomic E-state index is 12.6. The van der Waals surface area contributed by atoms with Crippen molar-refractivity contribution in [3.8, 4) is 0 Å².